The Balaban J connectivity index is 2.34. The molecule has 78 valence electrons. The number of aliphatic hydroxyl groups excluding tert-OH is 1. The summed E-state index contributed by atoms with van der Waals surface area (Å²) in [5.41, 5.74) is 0.552. The van der Waals surface area contributed by atoms with Crippen LogP contribution in [0, 0.1) is 5.92 Å². The van der Waals surface area contributed by atoms with Gasteiger partial charge in [-0.1, -0.05) is 0 Å². The lowest BCUT2D eigenvalue weighted by atomic mass is 9.95. The minimum absolute atomic E-state index is 0.0359. The molecule has 2 aliphatic rings. The molecule has 1 amide bonds. The zero-order chi connectivity index (χ0) is 10.8. The van der Waals surface area contributed by atoms with Gasteiger partial charge in [0.15, 0.2) is 11.5 Å². The molecule has 2 rings (SSSR count). The number of hydrogen-bond acceptors (Lipinski definition) is 4. The van der Waals surface area contributed by atoms with Crippen LogP contribution in [0.5, 0.6) is 0 Å². The first-order valence-electron chi connectivity index (χ1n) is 4.62. The van der Waals surface area contributed by atoms with Crippen molar-refractivity contribution in [1.82, 2.24) is 0 Å². The fourth-order valence-electron chi connectivity index (χ4n) is 1.44. The Morgan fingerprint density at radius 3 is 3.13 bits per heavy atom. The number of hydrogen-bond donors (Lipinski definition) is 1. The molecule has 0 bridgehead atoms. The molecule has 0 saturated heterocycles. The molecular weight excluding hydrogens is 196 g/mol. The van der Waals surface area contributed by atoms with Crippen LogP contribution in [0.3, 0.4) is 0 Å². The highest BCUT2D eigenvalue weighted by atomic mass is 16.5. The molecule has 0 aromatic heterocycles. The maximum Gasteiger partial charge on any atom is 0.260 e. The van der Waals surface area contributed by atoms with Crippen LogP contribution in [0.2, 0.25) is 0 Å². The molecule has 1 aliphatic heterocycles. The van der Waals surface area contributed by atoms with Gasteiger partial charge in [-0.05, 0) is 13.0 Å². The Labute approximate surface area is 86.5 Å². The van der Waals surface area contributed by atoms with Crippen molar-refractivity contribution in [2.45, 2.75) is 6.92 Å². The van der Waals surface area contributed by atoms with E-state index in [4.69, 9.17) is 4.74 Å². The quantitative estimate of drug-likeness (QED) is 0.732. The van der Waals surface area contributed by atoms with E-state index in [1.54, 1.807) is 6.08 Å². The highest BCUT2D eigenvalue weighted by Crippen LogP contribution is 2.22. The summed E-state index contributed by atoms with van der Waals surface area (Å²) in [5, 5.41) is 9.57. The normalized spacial score (nSPS) is 23.9. The van der Waals surface area contributed by atoms with Gasteiger partial charge in [0.1, 0.15) is 12.3 Å². The Morgan fingerprint density at radius 1 is 1.60 bits per heavy atom. The molecule has 1 atom stereocenters. The average molecular weight is 206 g/mol. The number of aliphatic hydroxyl groups is 1. The SMILES string of the molecule is CCOC1=CC2=NC=NC(=O)C2C=C1O. The van der Waals surface area contributed by atoms with Crippen LogP contribution in [-0.2, 0) is 9.53 Å². The second-order valence-corrected chi connectivity index (χ2v) is 3.11. The minimum atomic E-state index is -0.570. The maximum atomic E-state index is 11.3. The Bertz CT molecular complexity index is 418. The number of carbonyl (C=O) groups is 1. The summed E-state index contributed by atoms with van der Waals surface area (Å²) in [6.45, 7) is 2.26. The first-order valence-corrected chi connectivity index (χ1v) is 4.62. The van der Waals surface area contributed by atoms with Gasteiger partial charge >= 0.3 is 0 Å². The summed E-state index contributed by atoms with van der Waals surface area (Å²) in [5.74, 6) is -0.584. The molecule has 1 heterocycles. The van der Waals surface area contributed by atoms with Crippen LogP contribution >= 0.6 is 0 Å². The number of allylic oxidation sites excluding steroid dienone is 1. The number of fused-ring (bicyclic) bond motifs is 1. The molecular formula is C10H10N2O3. The van der Waals surface area contributed by atoms with Gasteiger partial charge in [0.25, 0.3) is 5.91 Å². The van der Waals surface area contributed by atoms with E-state index < -0.39 is 5.92 Å². The highest BCUT2D eigenvalue weighted by Gasteiger charge is 2.28. The monoisotopic (exact) mass is 206 g/mol. The first kappa shape index (κ1) is 9.64. The lowest BCUT2D eigenvalue weighted by molar-refractivity contribution is -0.118. The van der Waals surface area contributed by atoms with Crippen molar-refractivity contribution in [1.29, 1.82) is 0 Å². The van der Waals surface area contributed by atoms with Crippen molar-refractivity contribution in [3.63, 3.8) is 0 Å². The smallest absolute Gasteiger partial charge is 0.260 e. The van der Waals surface area contributed by atoms with Gasteiger partial charge in [0.05, 0.1) is 12.3 Å². The predicted octanol–water partition coefficient (Wildman–Crippen LogP) is 0.988. The van der Waals surface area contributed by atoms with Gasteiger partial charge in [0.2, 0.25) is 0 Å². The molecule has 5 nitrogen and oxygen atoms in total. The second-order valence-electron chi connectivity index (χ2n) is 3.11. The number of ether oxygens (including phenoxy) is 1. The molecule has 0 aromatic carbocycles. The van der Waals surface area contributed by atoms with Crippen molar-refractivity contribution in [3.8, 4) is 0 Å². The standard InChI is InChI=1S/C10H10N2O3/c1-2-15-9-4-7-6(3-8(9)13)10(14)12-5-11-7/h3-6,13H,2H2,1H3. The van der Waals surface area contributed by atoms with Gasteiger partial charge in [-0.2, -0.15) is 0 Å². The first-order chi connectivity index (χ1) is 7.22. The molecule has 0 spiro atoms. The third-order valence-corrected chi connectivity index (χ3v) is 2.13. The van der Waals surface area contributed by atoms with Crippen LogP contribution < -0.4 is 0 Å². The van der Waals surface area contributed by atoms with Crippen LogP contribution in [-0.4, -0.2) is 29.7 Å². The summed E-state index contributed by atoms with van der Waals surface area (Å²) in [6, 6.07) is 0. The van der Waals surface area contributed by atoms with Crippen LogP contribution in [0.25, 0.3) is 0 Å². The van der Waals surface area contributed by atoms with Crippen molar-refractivity contribution < 1.29 is 14.6 Å². The number of amides is 1. The second kappa shape index (κ2) is 3.68. The third-order valence-electron chi connectivity index (χ3n) is 2.13. The van der Waals surface area contributed by atoms with E-state index >= 15 is 0 Å². The lowest BCUT2D eigenvalue weighted by Gasteiger charge is -2.19. The molecule has 1 N–H and O–H groups in total. The van der Waals surface area contributed by atoms with E-state index in [1.165, 1.54) is 12.4 Å². The van der Waals surface area contributed by atoms with E-state index in [1.807, 2.05) is 6.92 Å². The van der Waals surface area contributed by atoms with Crippen molar-refractivity contribution in [3.05, 3.63) is 23.7 Å². The zero-order valence-electron chi connectivity index (χ0n) is 8.17. The summed E-state index contributed by atoms with van der Waals surface area (Å²) < 4.78 is 5.19. The van der Waals surface area contributed by atoms with Crippen molar-refractivity contribution >= 4 is 18.0 Å². The van der Waals surface area contributed by atoms with Crippen LogP contribution in [0.4, 0.5) is 0 Å². The van der Waals surface area contributed by atoms with Crippen LogP contribution in [0.1, 0.15) is 6.92 Å². The Hall–Kier alpha value is -1.91. The maximum absolute atomic E-state index is 11.3. The molecule has 0 radical (unpaired) electrons. The summed E-state index contributed by atoms with van der Waals surface area (Å²) in [6.07, 6.45) is 4.18. The average Bonchev–Trinajstić information content (AvgIpc) is 2.21. The van der Waals surface area contributed by atoms with E-state index in [0.29, 0.717) is 18.1 Å². The largest absolute Gasteiger partial charge is 0.504 e. The number of aliphatic imine (C=N–C) groups is 2. The molecule has 5 heteroatoms. The topological polar surface area (TPSA) is 71.2 Å². The zero-order valence-corrected chi connectivity index (χ0v) is 8.17. The molecule has 1 aliphatic carbocycles. The van der Waals surface area contributed by atoms with E-state index in [9.17, 15) is 9.90 Å². The molecule has 1 unspecified atom stereocenters. The van der Waals surface area contributed by atoms with Gasteiger partial charge in [0, 0.05) is 6.08 Å². The van der Waals surface area contributed by atoms with Crippen LogP contribution in [0.15, 0.2) is 33.7 Å². The molecule has 0 aromatic rings. The highest BCUT2D eigenvalue weighted by molar-refractivity contribution is 6.18. The third kappa shape index (κ3) is 1.68. The summed E-state index contributed by atoms with van der Waals surface area (Å²) >= 11 is 0. The molecule has 0 fully saturated rings. The van der Waals surface area contributed by atoms with Crippen molar-refractivity contribution in [2.75, 3.05) is 6.61 Å². The van der Waals surface area contributed by atoms with Gasteiger partial charge in [-0.15, -0.1) is 0 Å². The Kier molecular flexibility index (Phi) is 2.37. The summed E-state index contributed by atoms with van der Waals surface area (Å²) in [4.78, 5) is 18.8. The number of carbonyl (C=O) groups excluding carboxylic acids is 1. The molecule has 0 saturated carbocycles. The fourth-order valence-corrected chi connectivity index (χ4v) is 1.44. The van der Waals surface area contributed by atoms with Gasteiger partial charge in [-0.3, -0.25) is 4.79 Å². The van der Waals surface area contributed by atoms with E-state index in [0.717, 1.165) is 0 Å². The van der Waals surface area contributed by atoms with E-state index in [-0.39, 0.29) is 11.7 Å². The minimum Gasteiger partial charge on any atom is -0.504 e. The van der Waals surface area contributed by atoms with E-state index in [2.05, 4.69) is 9.98 Å². The summed E-state index contributed by atoms with van der Waals surface area (Å²) in [7, 11) is 0. The van der Waals surface area contributed by atoms with Crippen molar-refractivity contribution in [2.24, 2.45) is 15.9 Å². The number of nitrogens with zero attached hydrogens (tertiary/aromatic N) is 2. The molecule has 15 heavy (non-hydrogen) atoms. The number of rotatable bonds is 2. The predicted molar refractivity (Wildman–Crippen MR) is 54.8 cm³/mol. The van der Waals surface area contributed by atoms with Gasteiger partial charge < -0.3 is 9.84 Å². The van der Waals surface area contributed by atoms with Gasteiger partial charge in [-0.25, -0.2) is 9.98 Å². The lowest BCUT2D eigenvalue weighted by Crippen LogP contribution is -2.26. The Morgan fingerprint density at radius 2 is 2.40 bits per heavy atom. The fraction of sp³-hybridized carbons (Fsp3) is 0.300.